The summed E-state index contributed by atoms with van der Waals surface area (Å²) in [7, 11) is 0. The molecular formula is C29H36O11. The van der Waals surface area contributed by atoms with Gasteiger partial charge in [-0.2, -0.15) is 0 Å². The van der Waals surface area contributed by atoms with E-state index in [-0.39, 0.29) is 31.5 Å². The van der Waals surface area contributed by atoms with Gasteiger partial charge in [0.2, 0.25) is 17.4 Å². The molecular weight excluding hydrogens is 524 g/mol. The Balaban J connectivity index is 1.38. The van der Waals surface area contributed by atoms with Crippen LogP contribution in [0.4, 0.5) is 0 Å². The fraction of sp³-hybridized carbons (Fsp3) is 0.793. The third-order valence-corrected chi connectivity index (χ3v) is 11.6. The van der Waals surface area contributed by atoms with Gasteiger partial charge in [-0.25, -0.2) is 4.79 Å². The number of hydrogen-bond donors (Lipinski definition) is 3. The van der Waals surface area contributed by atoms with Crippen LogP contribution in [-0.4, -0.2) is 79.4 Å². The molecule has 4 saturated heterocycles. The average Bonchev–Trinajstić information content (AvgIpc) is 3.42. The van der Waals surface area contributed by atoms with Gasteiger partial charge in [0, 0.05) is 41.1 Å². The predicted molar refractivity (Wildman–Crippen MR) is 132 cm³/mol. The Kier molecular flexibility index (Phi) is 4.95. The van der Waals surface area contributed by atoms with Crippen LogP contribution in [0.25, 0.3) is 0 Å². The summed E-state index contributed by atoms with van der Waals surface area (Å²) >= 11 is 0. The first-order valence-electron chi connectivity index (χ1n) is 14.2. The van der Waals surface area contributed by atoms with Gasteiger partial charge in [-0.1, -0.05) is 13.8 Å². The molecule has 2 bridgehead atoms. The Morgan fingerprint density at radius 2 is 1.70 bits per heavy atom. The molecule has 5 aliphatic heterocycles. The molecule has 218 valence electrons. The first kappa shape index (κ1) is 26.7. The molecule has 40 heavy (non-hydrogen) atoms. The highest BCUT2D eigenvalue weighted by Gasteiger charge is 2.83. The van der Waals surface area contributed by atoms with E-state index in [0.29, 0.717) is 5.57 Å². The number of carbonyl (C=O) groups excluding carboxylic acids is 4. The van der Waals surface area contributed by atoms with Crippen molar-refractivity contribution in [3.63, 3.8) is 0 Å². The number of ketones is 2. The second kappa shape index (κ2) is 7.42. The number of carbonyl (C=O) groups is 4. The molecule has 7 rings (SSSR count). The van der Waals surface area contributed by atoms with Gasteiger partial charge in [0.05, 0.1) is 23.2 Å². The highest BCUT2D eigenvalue weighted by Crippen LogP contribution is 2.69. The highest BCUT2D eigenvalue weighted by atomic mass is 16.7. The van der Waals surface area contributed by atoms with E-state index in [4.69, 9.17) is 18.9 Å². The van der Waals surface area contributed by atoms with Gasteiger partial charge in [-0.15, -0.1) is 0 Å². The molecule has 5 heterocycles. The molecule has 7 aliphatic rings. The van der Waals surface area contributed by atoms with Crippen molar-refractivity contribution in [3.8, 4) is 0 Å². The fourth-order valence-electron chi connectivity index (χ4n) is 10.1. The molecule has 6 fully saturated rings. The summed E-state index contributed by atoms with van der Waals surface area (Å²) in [4.78, 5) is 53.2. The molecule has 12 atom stereocenters. The number of fused-ring (bicyclic) bond motifs is 3. The van der Waals surface area contributed by atoms with Crippen molar-refractivity contribution in [2.45, 2.75) is 107 Å². The maximum atomic E-state index is 14.4. The quantitative estimate of drug-likeness (QED) is 0.387. The predicted octanol–water partition coefficient (Wildman–Crippen LogP) is 0.706. The minimum absolute atomic E-state index is 0.0386. The Morgan fingerprint density at radius 3 is 2.35 bits per heavy atom. The van der Waals surface area contributed by atoms with E-state index in [1.165, 1.54) is 0 Å². The number of rotatable bonds is 1. The maximum Gasteiger partial charge on any atom is 0.334 e. The summed E-state index contributed by atoms with van der Waals surface area (Å²) < 4.78 is 24.1. The molecule has 2 saturated carbocycles. The summed E-state index contributed by atoms with van der Waals surface area (Å²) in [6, 6.07) is 0. The molecule has 0 aromatic carbocycles. The lowest BCUT2D eigenvalue weighted by Gasteiger charge is -2.42. The molecule has 0 radical (unpaired) electrons. The number of aliphatic hydroxyl groups excluding tert-OH is 1. The Hall–Kier alpha value is -2.18. The van der Waals surface area contributed by atoms with Gasteiger partial charge in [0.25, 0.3) is 0 Å². The van der Waals surface area contributed by atoms with Crippen LogP contribution in [-0.2, 0) is 38.1 Å². The second-order valence-corrected chi connectivity index (χ2v) is 14.1. The van der Waals surface area contributed by atoms with E-state index in [1.54, 1.807) is 40.7 Å². The SMILES string of the molecule is CC1=C[C@H]([C@H]2[C@@H](C)C(=O)[C@@]3(C)CC[C@]45C[C@]67OC(=O)C[C@@]6(O)OC(C)(C)[C@@H]7C[C@H](O)[C@H]4C(=O)[C@@](O)(O5)[C@@H]23)OC1=O. The lowest BCUT2D eigenvalue weighted by molar-refractivity contribution is -0.284. The van der Waals surface area contributed by atoms with Crippen LogP contribution in [0.1, 0.15) is 66.7 Å². The van der Waals surface area contributed by atoms with E-state index in [0.717, 1.165) is 0 Å². The molecule has 0 aromatic heterocycles. The first-order valence-corrected chi connectivity index (χ1v) is 14.2. The van der Waals surface area contributed by atoms with E-state index in [1.807, 2.05) is 0 Å². The topological polar surface area (TPSA) is 166 Å². The van der Waals surface area contributed by atoms with E-state index >= 15 is 0 Å². The van der Waals surface area contributed by atoms with Gasteiger partial charge in [-0.3, -0.25) is 14.4 Å². The van der Waals surface area contributed by atoms with Gasteiger partial charge in [-0.05, 0) is 46.1 Å². The average molecular weight is 561 g/mol. The molecule has 11 nitrogen and oxygen atoms in total. The van der Waals surface area contributed by atoms with Crippen molar-refractivity contribution in [1.29, 1.82) is 0 Å². The molecule has 2 aliphatic carbocycles. The molecule has 0 amide bonds. The third kappa shape index (κ3) is 2.83. The molecule has 0 aromatic rings. The largest absolute Gasteiger partial charge is 0.454 e. The van der Waals surface area contributed by atoms with Crippen LogP contribution in [0.2, 0.25) is 0 Å². The normalized spacial score (nSPS) is 56.0. The fourth-order valence-corrected chi connectivity index (χ4v) is 10.1. The summed E-state index contributed by atoms with van der Waals surface area (Å²) in [5.41, 5.74) is -5.02. The van der Waals surface area contributed by atoms with Crippen molar-refractivity contribution in [1.82, 2.24) is 0 Å². The number of cyclic esters (lactones) is 1. The van der Waals surface area contributed by atoms with Gasteiger partial charge in [0.1, 0.15) is 18.3 Å². The Bertz CT molecular complexity index is 1300. The second-order valence-electron chi connectivity index (χ2n) is 14.1. The highest BCUT2D eigenvalue weighted by molar-refractivity contribution is 5.97. The molecule has 11 heteroatoms. The van der Waals surface area contributed by atoms with E-state index in [2.05, 4.69) is 0 Å². The minimum Gasteiger partial charge on any atom is -0.454 e. The zero-order valence-corrected chi connectivity index (χ0v) is 23.3. The summed E-state index contributed by atoms with van der Waals surface area (Å²) in [5.74, 6) is -10.9. The van der Waals surface area contributed by atoms with Crippen molar-refractivity contribution in [2.24, 2.45) is 35.0 Å². The van der Waals surface area contributed by atoms with Gasteiger partial charge < -0.3 is 34.3 Å². The lowest BCUT2D eigenvalue weighted by Crippen LogP contribution is -2.56. The standard InChI is InChI=1S/C29H36O11/c1-12-8-15(37-23(12)34)18-13(2)21(32)25(5)6-7-26-11-27-16(24(3,4)39-28(27,35)10-17(31)38-27)9-14(30)19(26)22(33)29(36,40-26)20(18)25/h8,13-16,18-20,30,35-36H,6-7,9-11H2,1-5H3/t13-,14+,15-,16+,18-,19+,20+,25+,26+,27-,28-,29+/m1/s1. The summed E-state index contributed by atoms with van der Waals surface area (Å²) in [6.07, 6.45) is -0.878. The van der Waals surface area contributed by atoms with Crippen molar-refractivity contribution in [2.75, 3.05) is 0 Å². The van der Waals surface area contributed by atoms with Crippen LogP contribution >= 0.6 is 0 Å². The van der Waals surface area contributed by atoms with Gasteiger partial charge in [0.15, 0.2) is 5.60 Å². The number of Topliss-reactive ketones (excluding diaryl/α,β-unsaturated/α-hetero) is 2. The number of hydrogen-bond acceptors (Lipinski definition) is 11. The van der Waals surface area contributed by atoms with Crippen LogP contribution in [0, 0.1) is 35.0 Å². The van der Waals surface area contributed by atoms with Crippen LogP contribution in [0.3, 0.4) is 0 Å². The number of ether oxygens (including phenoxy) is 4. The van der Waals surface area contributed by atoms with Crippen molar-refractivity contribution < 1.29 is 53.4 Å². The van der Waals surface area contributed by atoms with Crippen molar-refractivity contribution >= 4 is 23.5 Å². The van der Waals surface area contributed by atoms with Gasteiger partial charge >= 0.3 is 11.9 Å². The molecule has 0 unspecified atom stereocenters. The summed E-state index contributed by atoms with van der Waals surface area (Å²) in [6.45, 7) is 8.53. The number of aliphatic hydroxyl groups is 3. The van der Waals surface area contributed by atoms with Crippen LogP contribution in [0.15, 0.2) is 11.6 Å². The smallest absolute Gasteiger partial charge is 0.334 e. The zero-order chi connectivity index (χ0) is 29.0. The lowest BCUT2D eigenvalue weighted by atomic mass is 9.62. The van der Waals surface area contributed by atoms with Crippen LogP contribution in [0.5, 0.6) is 0 Å². The van der Waals surface area contributed by atoms with E-state index in [9.17, 15) is 34.5 Å². The Labute approximate surface area is 231 Å². The zero-order valence-electron chi connectivity index (χ0n) is 23.3. The third-order valence-electron chi connectivity index (χ3n) is 11.6. The molecule has 2 spiro atoms. The minimum atomic E-state index is -2.49. The summed E-state index contributed by atoms with van der Waals surface area (Å²) in [5, 5.41) is 35.7. The number of esters is 2. The monoisotopic (exact) mass is 560 g/mol. The van der Waals surface area contributed by atoms with E-state index < -0.39 is 99.7 Å². The van der Waals surface area contributed by atoms with Crippen molar-refractivity contribution in [3.05, 3.63) is 11.6 Å². The van der Waals surface area contributed by atoms with Crippen LogP contribution < -0.4 is 0 Å². The first-order chi connectivity index (χ1) is 18.4. The maximum absolute atomic E-state index is 14.4. The Morgan fingerprint density at radius 1 is 1.00 bits per heavy atom. The molecule has 3 N–H and O–H groups in total.